The van der Waals surface area contributed by atoms with E-state index in [0.29, 0.717) is 23.2 Å². The molecule has 0 saturated carbocycles. The minimum absolute atomic E-state index is 0.594. The maximum Gasteiger partial charge on any atom is 0.231 e. The second-order valence-electron chi connectivity index (χ2n) is 3.83. The Bertz CT molecular complexity index is 631. The molecule has 2 heterocycles. The van der Waals surface area contributed by atoms with Gasteiger partial charge in [-0.05, 0) is 46.7 Å². The molecule has 0 aliphatic heterocycles. The van der Waals surface area contributed by atoms with Crippen molar-refractivity contribution in [3.8, 4) is 11.4 Å². The summed E-state index contributed by atoms with van der Waals surface area (Å²) < 4.78 is 5.23. The molecule has 3 rings (SSSR count). The summed E-state index contributed by atoms with van der Waals surface area (Å²) in [6, 6.07) is 9.43. The molecule has 5 heteroatoms. The summed E-state index contributed by atoms with van der Waals surface area (Å²) in [6.45, 7) is 0. The van der Waals surface area contributed by atoms with Crippen LogP contribution in [0, 0.1) is 0 Å². The van der Waals surface area contributed by atoms with Gasteiger partial charge >= 0.3 is 0 Å². The fourth-order valence-corrected chi connectivity index (χ4v) is 2.41. The number of nitrogens with zero attached hydrogens (tertiary/aromatic N) is 2. The summed E-state index contributed by atoms with van der Waals surface area (Å²) in [5, 5.41) is 8.78. The Kier molecular flexibility index (Phi) is 3.13. The van der Waals surface area contributed by atoms with E-state index in [1.807, 2.05) is 29.6 Å². The highest BCUT2D eigenvalue weighted by molar-refractivity contribution is 7.07. The van der Waals surface area contributed by atoms with E-state index in [2.05, 4.69) is 21.6 Å². The van der Waals surface area contributed by atoms with Gasteiger partial charge in [-0.2, -0.15) is 16.3 Å². The number of benzene rings is 1. The van der Waals surface area contributed by atoms with Crippen LogP contribution < -0.4 is 0 Å². The summed E-state index contributed by atoms with van der Waals surface area (Å²) in [5.74, 6) is 1.22. The number of hydrogen-bond acceptors (Lipinski definition) is 4. The first-order chi connectivity index (χ1) is 8.81. The van der Waals surface area contributed by atoms with Crippen molar-refractivity contribution in [1.29, 1.82) is 0 Å². The highest BCUT2D eigenvalue weighted by Crippen LogP contribution is 2.19. The molecule has 0 spiro atoms. The zero-order valence-electron chi connectivity index (χ0n) is 9.34. The Hall–Kier alpha value is -1.65. The van der Waals surface area contributed by atoms with Crippen molar-refractivity contribution >= 4 is 22.9 Å². The van der Waals surface area contributed by atoms with Crippen LogP contribution in [0.25, 0.3) is 11.4 Å². The molecule has 1 aromatic carbocycles. The average molecular weight is 277 g/mol. The minimum Gasteiger partial charge on any atom is -0.339 e. The third-order valence-electron chi connectivity index (χ3n) is 2.51. The van der Waals surface area contributed by atoms with Gasteiger partial charge in [0.25, 0.3) is 0 Å². The zero-order chi connectivity index (χ0) is 12.4. The first kappa shape index (κ1) is 11.4. The minimum atomic E-state index is 0.594. The molecule has 2 aromatic heterocycles. The quantitative estimate of drug-likeness (QED) is 0.725. The lowest BCUT2D eigenvalue weighted by Gasteiger charge is -1.93. The smallest absolute Gasteiger partial charge is 0.231 e. The lowest BCUT2D eigenvalue weighted by atomic mass is 10.2. The fourth-order valence-electron chi connectivity index (χ4n) is 1.61. The van der Waals surface area contributed by atoms with Gasteiger partial charge in [0.1, 0.15) is 0 Å². The highest BCUT2D eigenvalue weighted by Gasteiger charge is 2.09. The van der Waals surface area contributed by atoms with E-state index in [1.54, 1.807) is 11.3 Å². The van der Waals surface area contributed by atoms with Crippen molar-refractivity contribution in [2.24, 2.45) is 0 Å². The van der Waals surface area contributed by atoms with Crippen molar-refractivity contribution in [2.45, 2.75) is 6.42 Å². The Morgan fingerprint density at radius 3 is 2.72 bits per heavy atom. The number of aromatic nitrogens is 2. The monoisotopic (exact) mass is 276 g/mol. The molecule has 3 nitrogen and oxygen atoms in total. The van der Waals surface area contributed by atoms with Crippen LogP contribution in [0.2, 0.25) is 5.02 Å². The Balaban J connectivity index is 1.83. The second-order valence-corrected chi connectivity index (χ2v) is 5.04. The lowest BCUT2D eigenvalue weighted by molar-refractivity contribution is 0.386. The van der Waals surface area contributed by atoms with E-state index in [-0.39, 0.29) is 0 Å². The van der Waals surface area contributed by atoms with E-state index in [9.17, 15) is 0 Å². The molecule has 0 N–H and O–H groups in total. The predicted octanol–water partition coefficient (Wildman–Crippen LogP) is 4.04. The van der Waals surface area contributed by atoms with E-state index < -0.39 is 0 Å². The number of hydrogen-bond donors (Lipinski definition) is 0. The van der Waals surface area contributed by atoms with Crippen LogP contribution in [0.5, 0.6) is 0 Å². The van der Waals surface area contributed by atoms with Gasteiger partial charge < -0.3 is 4.52 Å². The highest BCUT2D eigenvalue weighted by atomic mass is 35.5. The third-order valence-corrected chi connectivity index (χ3v) is 3.49. The summed E-state index contributed by atoms with van der Waals surface area (Å²) in [4.78, 5) is 4.37. The van der Waals surface area contributed by atoms with Crippen molar-refractivity contribution in [3.63, 3.8) is 0 Å². The number of rotatable bonds is 3. The molecule has 0 bridgehead atoms. The van der Waals surface area contributed by atoms with Gasteiger partial charge in [-0.3, -0.25) is 0 Å². The van der Waals surface area contributed by atoms with Crippen LogP contribution in [0.4, 0.5) is 0 Å². The molecule has 0 fully saturated rings. The van der Waals surface area contributed by atoms with Gasteiger partial charge in [0, 0.05) is 10.6 Å². The number of thiophene rings is 1. The van der Waals surface area contributed by atoms with Crippen LogP contribution in [0.1, 0.15) is 11.5 Å². The summed E-state index contributed by atoms with van der Waals surface area (Å²) >= 11 is 7.50. The topological polar surface area (TPSA) is 38.9 Å². The summed E-state index contributed by atoms with van der Waals surface area (Å²) in [6.07, 6.45) is 0.671. The SMILES string of the molecule is Clc1ccc(-c2noc(Cc3ccsc3)n2)cc1. The van der Waals surface area contributed by atoms with Gasteiger partial charge in [-0.15, -0.1) is 0 Å². The Labute approximate surface area is 113 Å². The molecular formula is C13H9ClN2OS. The van der Waals surface area contributed by atoms with Gasteiger partial charge in [0.2, 0.25) is 11.7 Å². The molecule has 0 unspecified atom stereocenters. The summed E-state index contributed by atoms with van der Waals surface area (Å²) in [5.41, 5.74) is 2.09. The fraction of sp³-hybridized carbons (Fsp3) is 0.0769. The molecule has 0 aliphatic rings. The second kappa shape index (κ2) is 4.92. The largest absolute Gasteiger partial charge is 0.339 e. The normalized spacial score (nSPS) is 10.7. The van der Waals surface area contributed by atoms with Crippen LogP contribution >= 0.6 is 22.9 Å². The van der Waals surface area contributed by atoms with E-state index in [1.165, 1.54) is 5.56 Å². The first-order valence-electron chi connectivity index (χ1n) is 5.41. The van der Waals surface area contributed by atoms with Gasteiger partial charge in [-0.1, -0.05) is 16.8 Å². The average Bonchev–Trinajstić information content (AvgIpc) is 3.02. The molecule has 18 heavy (non-hydrogen) atoms. The maximum absolute atomic E-state index is 5.84. The third kappa shape index (κ3) is 2.44. The molecule has 3 aromatic rings. The summed E-state index contributed by atoms with van der Waals surface area (Å²) in [7, 11) is 0. The van der Waals surface area contributed by atoms with Crippen LogP contribution in [-0.2, 0) is 6.42 Å². The predicted molar refractivity (Wildman–Crippen MR) is 71.9 cm³/mol. The van der Waals surface area contributed by atoms with E-state index >= 15 is 0 Å². The molecule has 0 radical (unpaired) electrons. The van der Waals surface area contributed by atoms with Crippen molar-refractivity contribution in [3.05, 3.63) is 57.6 Å². The van der Waals surface area contributed by atoms with E-state index in [0.717, 1.165) is 5.56 Å². The van der Waals surface area contributed by atoms with Gasteiger partial charge in [0.15, 0.2) is 0 Å². The van der Waals surface area contributed by atoms with Crippen molar-refractivity contribution in [2.75, 3.05) is 0 Å². The Morgan fingerprint density at radius 2 is 2.00 bits per heavy atom. The number of halogens is 1. The van der Waals surface area contributed by atoms with E-state index in [4.69, 9.17) is 16.1 Å². The van der Waals surface area contributed by atoms with Gasteiger partial charge in [0.05, 0.1) is 6.42 Å². The first-order valence-corrected chi connectivity index (χ1v) is 6.73. The van der Waals surface area contributed by atoms with Crippen LogP contribution in [0.15, 0.2) is 45.6 Å². The van der Waals surface area contributed by atoms with Crippen LogP contribution in [0.3, 0.4) is 0 Å². The molecule has 0 saturated heterocycles. The van der Waals surface area contributed by atoms with Crippen molar-refractivity contribution in [1.82, 2.24) is 10.1 Å². The zero-order valence-corrected chi connectivity index (χ0v) is 10.9. The molecular weight excluding hydrogens is 268 g/mol. The standard InChI is InChI=1S/C13H9ClN2OS/c14-11-3-1-10(2-4-11)13-15-12(17-16-13)7-9-5-6-18-8-9/h1-6,8H,7H2. The van der Waals surface area contributed by atoms with Crippen molar-refractivity contribution < 1.29 is 4.52 Å². The molecule has 0 aliphatic carbocycles. The molecule has 90 valence electrons. The molecule has 0 amide bonds. The molecule has 0 atom stereocenters. The van der Waals surface area contributed by atoms with Gasteiger partial charge in [-0.25, -0.2) is 0 Å². The van der Waals surface area contributed by atoms with Crippen LogP contribution in [-0.4, -0.2) is 10.1 Å². The maximum atomic E-state index is 5.84. The Morgan fingerprint density at radius 1 is 1.17 bits per heavy atom. The lowest BCUT2D eigenvalue weighted by Crippen LogP contribution is -1.85.